The highest BCUT2D eigenvalue weighted by Crippen LogP contribution is 2.43. The molecule has 0 heterocycles. The van der Waals surface area contributed by atoms with E-state index in [0.717, 1.165) is 12.1 Å². The summed E-state index contributed by atoms with van der Waals surface area (Å²) < 4.78 is 35.1. The summed E-state index contributed by atoms with van der Waals surface area (Å²) in [6, 6.07) is 3.62. The summed E-state index contributed by atoms with van der Waals surface area (Å²) in [4.78, 5) is 34.8. The Balaban J connectivity index is 3.08. The van der Waals surface area contributed by atoms with Gasteiger partial charge in [-0.25, -0.2) is 4.39 Å². The zero-order chi connectivity index (χ0) is 13.3. The third-order valence-corrected chi connectivity index (χ3v) is 3.42. The molecule has 0 radical (unpaired) electrons. The molecular weight excluding hydrogens is 273 g/mol. The molecule has 1 aromatic carbocycles. The minimum atomic E-state index is -4.42. The zero-order valence-corrected chi connectivity index (χ0v) is 10.3. The maximum atomic E-state index is 13.6. The van der Waals surface area contributed by atoms with Crippen molar-refractivity contribution in [2.75, 3.05) is 0 Å². The minimum Gasteiger partial charge on any atom is -0.324 e. The van der Waals surface area contributed by atoms with E-state index < -0.39 is 33.3 Å². The lowest BCUT2D eigenvalue weighted by Crippen LogP contribution is -1.98. The Hall–Kier alpha value is -0.550. The van der Waals surface area contributed by atoms with Crippen LogP contribution < -0.4 is 0 Å². The molecule has 0 atom stereocenters. The summed E-state index contributed by atoms with van der Waals surface area (Å²) >= 11 is 0. The second-order valence-electron chi connectivity index (χ2n) is 3.54. The van der Waals surface area contributed by atoms with Gasteiger partial charge >= 0.3 is 15.2 Å². The van der Waals surface area contributed by atoms with Crippen LogP contribution in [0.3, 0.4) is 0 Å². The molecule has 96 valence electrons. The van der Waals surface area contributed by atoms with E-state index in [4.69, 9.17) is 19.6 Å². The van der Waals surface area contributed by atoms with Gasteiger partial charge in [0.25, 0.3) is 0 Å². The molecule has 0 amide bonds. The van der Waals surface area contributed by atoms with Crippen molar-refractivity contribution in [3.05, 3.63) is 35.1 Å². The van der Waals surface area contributed by atoms with Crippen LogP contribution in [0.1, 0.15) is 11.1 Å². The van der Waals surface area contributed by atoms with Crippen molar-refractivity contribution in [2.45, 2.75) is 12.3 Å². The van der Waals surface area contributed by atoms with Crippen molar-refractivity contribution in [3.63, 3.8) is 0 Å². The number of benzene rings is 1. The van der Waals surface area contributed by atoms with Gasteiger partial charge in [-0.3, -0.25) is 9.13 Å². The van der Waals surface area contributed by atoms with Gasteiger partial charge in [-0.05, 0) is 0 Å². The molecular formula is C8H11FO6P2. The smallest absolute Gasteiger partial charge is 0.324 e. The molecule has 6 nitrogen and oxygen atoms in total. The lowest BCUT2D eigenvalue weighted by Gasteiger charge is -2.10. The fraction of sp³-hybridized carbons (Fsp3) is 0.250. The molecule has 0 spiro atoms. The molecule has 0 aromatic heterocycles. The van der Waals surface area contributed by atoms with Crippen molar-refractivity contribution >= 4 is 15.2 Å². The van der Waals surface area contributed by atoms with E-state index in [1.807, 2.05) is 0 Å². The molecule has 0 saturated carbocycles. The SMILES string of the molecule is O=P(O)(O)Cc1cccc(CP(=O)(O)O)c1F. The van der Waals surface area contributed by atoms with Crippen LogP contribution in [0.15, 0.2) is 18.2 Å². The van der Waals surface area contributed by atoms with Crippen LogP contribution in [0.2, 0.25) is 0 Å². The van der Waals surface area contributed by atoms with E-state index in [0.29, 0.717) is 0 Å². The zero-order valence-electron chi connectivity index (χ0n) is 8.52. The number of hydrogen-bond donors (Lipinski definition) is 4. The van der Waals surface area contributed by atoms with E-state index in [9.17, 15) is 13.5 Å². The molecule has 1 rings (SSSR count). The van der Waals surface area contributed by atoms with E-state index >= 15 is 0 Å². The van der Waals surface area contributed by atoms with Gasteiger partial charge in [-0.15, -0.1) is 0 Å². The Labute approximate surface area is 96.4 Å². The van der Waals surface area contributed by atoms with Crippen molar-refractivity contribution < 1.29 is 33.1 Å². The number of hydrogen-bond acceptors (Lipinski definition) is 2. The summed E-state index contributed by atoms with van der Waals surface area (Å²) in [6.45, 7) is 0. The van der Waals surface area contributed by atoms with Crippen molar-refractivity contribution in [3.8, 4) is 0 Å². The highest BCUT2D eigenvalue weighted by Gasteiger charge is 2.22. The van der Waals surface area contributed by atoms with Crippen LogP contribution >= 0.6 is 15.2 Å². The predicted molar refractivity (Wildman–Crippen MR) is 57.9 cm³/mol. The third-order valence-electron chi connectivity index (χ3n) is 1.91. The normalized spacial score (nSPS) is 12.8. The van der Waals surface area contributed by atoms with E-state index in [1.165, 1.54) is 6.07 Å². The molecule has 1 aromatic rings. The first-order valence-corrected chi connectivity index (χ1v) is 8.03. The van der Waals surface area contributed by atoms with E-state index in [2.05, 4.69) is 0 Å². The summed E-state index contributed by atoms with van der Waals surface area (Å²) in [7, 11) is -8.84. The molecule has 0 aliphatic rings. The average molecular weight is 284 g/mol. The molecule has 0 aliphatic heterocycles. The van der Waals surface area contributed by atoms with E-state index in [-0.39, 0.29) is 11.1 Å². The first-order chi connectivity index (χ1) is 7.58. The van der Waals surface area contributed by atoms with Crippen molar-refractivity contribution in [1.82, 2.24) is 0 Å². The average Bonchev–Trinajstić information content (AvgIpc) is 2.07. The highest BCUT2D eigenvalue weighted by molar-refractivity contribution is 7.51. The van der Waals surface area contributed by atoms with Gasteiger partial charge in [0.1, 0.15) is 5.82 Å². The molecule has 0 fully saturated rings. The van der Waals surface area contributed by atoms with Gasteiger partial charge in [0.05, 0.1) is 12.3 Å². The monoisotopic (exact) mass is 284 g/mol. The summed E-state index contributed by atoms with van der Waals surface area (Å²) in [6.07, 6.45) is -1.60. The lowest BCUT2D eigenvalue weighted by molar-refractivity contribution is 0.370. The Morgan fingerprint density at radius 3 is 1.59 bits per heavy atom. The molecule has 4 N–H and O–H groups in total. The van der Waals surface area contributed by atoms with Crippen molar-refractivity contribution in [2.24, 2.45) is 0 Å². The molecule has 0 saturated heterocycles. The van der Waals surface area contributed by atoms with Crippen molar-refractivity contribution in [1.29, 1.82) is 0 Å². The summed E-state index contributed by atoms with van der Waals surface area (Å²) in [5, 5.41) is 0. The lowest BCUT2D eigenvalue weighted by atomic mass is 10.1. The fourth-order valence-corrected chi connectivity index (χ4v) is 2.70. The molecule has 9 heteroatoms. The van der Waals surface area contributed by atoms with Crippen LogP contribution in [-0.4, -0.2) is 19.6 Å². The second-order valence-corrected chi connectivity index (χ2v) is 6.83. The fourth-order valence-electron chi connectivity index (χ4n) is 1.32. The van der Waals surface area contributed by atoms with Crippen LogP contribution in [0.5, 0.6) is 0 Å². The minimum absolute atomic E-state index is 0.260. The highest BCUT2D eigenvalue weighted by atomic mass is 31.2. The predicted octanol–water partition coefficient (Wildman–Crippen LogP) is 1.18. The summed E-state index contributed by atoms with van der Waals surface area (Å²) in [5.41, 5.74) is -0.520. The largest absolute Gasteiger partial charge is 0.330 e. The quantitative estimate of drug-likeness (QED) is 0.617. The maximum Gasteiger partial charge on any atom is 0.330 e. The van der Waals surface area contributed by atoms with E-state index in [1.54, 1.807) is 0 Å². The Bertz CT molecular complexity index is 462. The first-order valence-electron chi connectivity index (χ1n) is 4.44. The molecule has 17 heavy (non-hydrogen) atoms. The topological polar surface area (TPSA) is 115 Å². The second kappa shape index (κ2) is 4.98. The van der Waals surface area contributed by atoms with Crippen LogP contribution in [0, 0.1) is 5.82 Å². The maximum absolute atomic E-state index is 13.6. The van der Waals surface area contributed by atoms with Gasteiger partial charge in [-0.1, -0.05) is 18.2 Å². The van der Waals surface area contributed by atoms with Gasteiger partial charge in [-0.2, -0.15) is 0 Å². The third kappa shape index (κ3) is 5.08. The first kappa shape index (κ1) is 14.5. The van der Waals surface area contributed by atoms with Gasteiger partial charge in [0, 0.05) is 11.1 Å². The molecule has 0 bridgehead atoms. The van der Waals surface area contributed by atoms with Crippen LogP contribution in [0.25, 0.3) is 0 Å². The Morgan fingerprint density at radius 1 is 0.941 bits per heavy atom. The summed E-state index contributed by atoms with van der Waals surface area (Å²) in [5.74, 6) is -0.987. The standard InChI is InChI=1S/C8H11FO6P2/c9-8-6(4-16(10,11)12)2-1-3-7(8)5-17(13,14)15/h1-3H,4-5H2,(H2,10,11,12)(H2,13,14,15). The molecule has 0 aliphatic carbocycles. The van der Waals surface area contributed by atoms with Crippen LogP contribution in [0.4, 0.5) is 4.39 Å². The van der Waals surface area contributed by atoms with Gasteiger partial charge in [0.2, 0.25) is 0 Å². The number of rotatable bonds is 4. The van der Waals surface area contributed by atoms with Crippen LogP contribution in [-0.2, 0) is 21.5 Å². The number of halogens is 1. The Kier molecular flexibility index (Phi) is 4.25. The molecule has 0 unspecified atom stereocenters. The van der Waals surface area contributed by atoms with Gasteiger partial charge in [0.15, 0.2) is 0 Å². The van der Waals surface area contributed by atoms with Gasteiger partial charge < -0.3 is 19.6 Å². The Morgan fingerprint density at radius 2 is 1.29 bits per heavy atom.